The maximum Gasteiger partial charge on any atom is 0.417 e. The zero-order chi connectivity index (χ0) is 13.6. The molecule has 0 atom stereocenters. The molecule has 0 saturated carbocycles. The van der Waals surface area contributed by atoms with Crippen molar-refractivity contribution in [2.45, 2.75) is 13.1 Å². The highest BCUT2D eigenvalue weighted by Crippen LogP contribution is 2.27. The molecular weight excluding hydrogens is 243 g/mol. The van der Waals surface area contributed by atoms with E-state index in [0.717, 1.165) is 12.1 Å². The largest absolute Gasteiger partial charge is 0.417 e. The lowest BCUT2D eigenvalue weighted by Crippen LogP contribution is -2.10. The van der Waals surface area contributed by atoms with Gasteiger partial charge in [-0.1, -0.05) is 35.9 Å². The summed E-state index contributed by atoms with van der Waals surface area (Å²) in [6.07, 6.45) is -3.74. The molecule has 18 heavy (non-hydrogen) atoms. The zero-order valence-corrected chi connectivity index (χ0v) is 9.66. The minimum Gasteiger partial charge on any atom is -0.329 e. The number of aromatic nitrogens is 1. The van der Waals surface area contributed by atoms with Gasteiger partial charge in [0.1, 0.15) is 0 Å². The van der Waals surface area contributed by atoms with E-state index in [9.17, 15) is 18.0 Å². The average molecular weight is 255 g/mol. The van der Waals surface area contributed by atoms with Crippen molar-refractivity contribution in [3.05, 3.63) is 70.1 Å². The quantitative estimate of drug-likeness (QED) is 0.769. The molecule has 2 rings (SSSR count). The van der Waals surface area contributed by atoms with Crippen LogP contribution in [0.4, 0.5) is 13.2 Å². The number of hydrogen-bond acceptors (Lipinski definition) is 1. The molecule has 2 aromatic rings. The molecule has 1 N–H and O–H groups in total. The van der Waals surface area contributed by atoms with Crippen LogP contribution in [-0.4, -0.2) is 4.98 Å². The van der Waals surface area contributed by atoms with Gasteiger partial charge in [0.2, 0.25) is 5.56 Å². The van der Waals surface area contributed by atoms with E-state index in [4.69, 9.17) is 0 Å². The number of hydrogen-bond donors (Lipinski definition) is 1. The average Bonchev–Trinajstić information content (AvgIpc) is 2.30. The second-order valence-corrected chi connectivity index (χ2v) is 3.59. The highest BCUT2D eigenvalue weighted by molar-refractivity contribution is 5.12. The summed E-state index contributed by atoms with van der Waals surface area (Å²) < 4.78 is 35.4. The Balaban J connectivity index is 0.000000199. The van der Waals surface area contributed by atoms with Gasteiger partial charge >= 0.3 is 6.18 Å². The van der Waals surface area contributed by atoms with Gasteiger partial charge < -0.3 is 4.98 Å². The van der Waals surface area contributed by atoms with E-state index < -0.39 is 17.3 Å². The van der Waals surface area contributed by atoms with Gasteiger partial charge in [-0.05, 0) is 13.0 Å². The Kier molecular flexibility index (Phi) is 4.71. The number of H-pyrrole nitrogens is 1. The van der Waals surface area contributed by atoms with Crippen LogP contribution in [0.5, 0.6) is 0 Å². The van der Waals surface area contributed by atoms with E-state index in [2.05, 4.69) is 19.1 Å². The Morgan fingerprint density at radius 2 is 1.61 bits per heavy atom. The normalized spacial score (nSPS) is 10.4. The summed E-state index contributed by atoms with van der Waals surface area (Å²) in [7, 11) is 0. The van der Waals surface area contributed by atoms with Gasteiger partial charge in [-0.2, -0.15) is 13.2 Å². The molecule has 0 unspecified atom stereocenters. The Bertz CT molecular complexity index is 511. The summed E-state index contributed by atoms with van der Waals surface area (Å²) in [6, 6.07) is 11.8. The van der Waals surface area contributed by atoms with Crippen LogP contribution in [0.25, 0.3) is 0 Å². The third-order valence-corrected chi connectivity index (χ3v) is 2.05. The summed E-state index contributed by atoms with van der Waals surface area (Å²) in [5, 5.41) is 0. The monoisotopic (exact) mass is 255 g/mol. The predicted octanol–water partition coefficient (Wildman–Crippen LogP) is 3.39. The fourth-order valence-corrected chi connectivity index (χ4v) is 1.12. The van der Waals surface area contributed by atoms with E-state index in [1.165, 1.54) is 5.56 Å². The zero-order valence-electron chi connectivity index (χ0n) is 9.66. The van der Waals surface area contributed by atoms with E-state index >= 15 is 0 Å². The smallest absolute Gasteiger partial charge is 0.329 e. The summed E-state index contributed by atoms with van der Waals surface area (Å²) in [5.41, 5.74) is -0.0717. The van der Waals surface area contributed by atoms with Gasteiger partial charge in [-0.25, -0.2) is 0 Å². The Morgan fingerprint density at radius 3 is 1.94 bits per heavy atom. The maximum absolute atomic E-state index is 11.8. The van der Waals surface area contributed by atoms with Crippen molar-refractivity contribution in [1.29, 1.82) is 0 Å². The molecule has 0 radical (unpaired) electrons. The van der Waals surface area contributed by atoms with Gasteiger partial charge in [-0.3, -0.25) is 4.79 Å². The first-order valence-electron chi connectivity index (χ1n) is 5.17. The molecule has 1 aromatic carbocycles. The summed E-state index contributed by atoms with van der Waals surface area (Å²) in [6.45, 7) is 2.08. The van der Waals surface area contributed by atoms with Crippen molar-refractivity contribution >= 4 is 0 Å². The minimum absolute atomic E-state index is 0.544. The Labute approximate surface area is 102 Å². The molecule has 0 aliphatic rings. The third kappa shape index (κ3) is 4.86. The predicted molar refractivity (Wildman–Crippen MR) is 63.2 cm³/mol. The van der Waals surface area contributed by atoms with Crippen molar-refractivity contribution in [2.75, 3.05) is 0 Å². The molecule has 5 heteroatoms. The van der Waals surface area contributed by atoms with E-state index in [0.29, 0.717) is 6.20 Å². The highest BCUT2D eigenvalue weighted by atomic mass is 19.4. The fraction of sp³-hybridized carbons (Fsp3) is 0.154. The third-order valence-electron chi connectivity index (χ3n) is 2.05. The molecule has 0 aliphatic carbocycles. The second-order valence-electron chi connectivity index (χ2n) is 3.59. The van der Waals surface area contributed by atoms with Gasteiger partial charge in [0, 0.05) is 12.3 Å². The SMILES string of the molecule is Cc1ccccc1.O=c1ccc(C(F)(F)F)c[nH]1. The summed E-state index contributed by atoms with van der Waals surface area (Å²) >= 11 is 0. The molecule has 2 nitrogen and oxygen atoms in total. The first kappa shape index (κ1) is 14.0. The topological polar surface area (TPSA) is 32.9 Å². The maximum atomic E-state index is 11.8. The van der Waals surface area contributed by atoms with E-state index in [-0.39, 0.29) is 0 Å². The number of nitrogens with one attached hydrogen (secondary N) is 1. The van der Waals surface area contributed by atoms with Crippen LogP contribution in [-0.2, 0) is 6.18 Å². The number of pyridine rings is 1. The van der Waals surface area contributed by atoms with E-state index in [1.807, 2.05) is 23.2 Å². The highest BCUT2D eigenvalue weighted by Gasteiger charge is 2.30. The number of alkyl halides is 3. The molecule has 0 spiro atoms. The molecular formula is C13H12F3NO. The Hall–Kier alpha value is -2.04. The molecule has 96 valence electrons. The molecule has 0 fully saturated rings. The lowest BCUT2D eigenvalue weighted by Gasteiger charge is -2.03. The molecule has 1 aromatic heterocycles. The van der Waals surface area contributed by atoms with Crippen molar-refractivity contribution in [1.82, 2.24) is 4.98 Å². The fourth-order valence-electron chi connectivity index (χ4n) is 1.12. The number of rotatable bonds is 0. The number of benzene rings is 1. The lowest BCUT2D eigenvalue weighted by atomic mass is 10.2. The first-order valence-corrected chi connectivity index (χ1v) is 5.17. The minimum atomic E-state index is -4.38. The van der Waals surface area contributed by atoms with Gasteiger partial charge in [0.05, 0.1) is 5.56 Å². The number of aryl methyl sites for hydroxylation is 1. The lowest BCUT2D eigenvalue weighted by molar-refractivity contribution is -0.137. The van der Waals surface area contributed by atoms with Crippen LogP contribution < -0.4 is 5.56 Å². The van der Waals surface area contributed by atoms with Crippen molar-refractivity contribution in [2.24, 2.45) is 0 Å². The van der Waals surface area contributed by atoms with Crippen molar-refractivity contribution in [3.63, 3.8) is 0 Å². The standard InChI is InChI=1S/C7H8.C6H4F3NO/c1-7-5-3-2-4-6-7;7-6(8,9)4-1-2-5(11)10-3-4/h2-6H,1H3;1-3H,(H,10,11). The summed E-state index contributed by atoms with van der Waals surface area (Å²) in [5.74, 6) is 0. The first-order chi connectivity index (χ1) is 8.39. The molecule has 0 amide bonds. The van der Waals surface area contributed by atoms with Crippen LogP contribution in [0, 0.1) is 6.92 Å². The molecule has 0 saturated heterocycles. The van der Waals surface area contributed by atoms with Gasteiger partial charge in [-0.15, -0.1) is 0 Å². The van der Waals surface area contributed by atoms with Gasteiger partial charge in [0.25, 0.3) is 0 Å². The van der Waals surface area contributed by atoms with Crippen LogP contribution in [0.3, 0.4) is 0 Å². The Morgan fingerprint density at radius 1 is 1.00 bits per heavy atom. The molecule has 0 aliphatic heterocycles. The van der Waals surface area contributed by atoms with Crippen molar-refractivity contribution in [3.8, 4) is 0 Å². The number of aromatic amines is 1. The van der Waals surface area contributed by atoms with Gasteiger partial charge in [0.15, 0.2) is 0 Å². The number of halogens is 3. The second kappa shape index (κ2) is 6.05. The molecule has 0 bridgehead atoms. The van der Waals surface area contributed by atoms with E-state index in [1.54, 1.807) is 0 Å². The summed E-state index contributed by atoms with van der Waals surface area (Å²) in [4.78, 5) is 12.3. The van der Waals surface area contributed by atoms with Crippen LogP contribution in [0.15, 0.2) is 53.5 Å². The van der Waals surface area contributed by atoms with Crippen LogP contribution in [0.1, 0.15) is 11.1 Å². The van der Waals surface area contributed by atoms with Crippen LogP contribution >= 0.6 is 0 Å². The van der Waals surface area contributed by atoms with Crippen LogP contribution in [0.2, 0.25) is 0 Å². The van der Waals surface area contributed by atoms with Crippen molar-refractivity contribution < 1.29 is 13.2 Å². The molecule has 1 heterocycles.